The lowest BCUT2D eigenvalue weighted by Crippen LogP contribution is -2.45. The smallest absolute Gasteiger partial charge is 0.268 e. The number of anilines is 1. The molecule has 1 aliphatic rings. The first kappa shape index (κ1) is 13.0. The molecule has 1 aliphatic carbocycles. The number of fused-ring (bicyclic) bond motifs is 1. The van der Waals surface area contributed by atoms with E-state index in [1.165, 1.54) is 0 Å². The van der Waals surface area contributed by atoms with E-state index in [0.717, 1.165) is 36.6 Å². The molecule has 1 aromatic carbocycles. The van der Waals surface area contributed by atoms with E-state index in [-0.39, 0.29) is 11.9 Å². The van der Waals surface area contributed by atoms with Gasteiger partial charge in [-0.2, -0.15) is 0 Å². The predicted molar refractivity (Wildman–Crippen MR) is 78.4 cm³/mol. The fourth-order valence-corrected chi connectivity index (χ4v) is 2.83. The van der Waals surface area contributed by atoms with Crippen molar-refractivity contribution in [3.63, 3.8) is 0 Å². The molecule has 1 aromatic heterocycles. The number of nitrogen functional groups attached to an aromatic ring is 1. The molecule has 0 bridgehead atoms. The molecule has 0 saturated heterocycles. The van der Waals surface area contributed by atoms with Crippen LogP contribution in [0.5, 0.6) is 0 Å². The summed E-state index contributed by atoms with van der Waals surface area (Å²) in [5.41, 5.74) is 7.76. The van der Waals surface area contributed by atoms with Crippen LogP contribution in [0.4, 0.5) is 5.69 Å². The molecule has 2 atom stereocenters. The second-order valence-corrected chi connectivity index (χ2v) is 5.43. The zero-order valence-corrected chi connectivity index (χ0v) is 11.2. The summed E-state index contributed by atoms with van der Waals surface area (Å²) in [6.07, 6.45) is 3.21. The number of aromatic nitrogens is 1. The van der Waals surface area contributed by atoms with Crippen molar-refractivity contribution in [3.8, 4) is 0 Å². The van der Waals surface area contributed by atoms with Crippen molar-refractivity contribution in [2.24, 2.45) is 0 Å². The van der Waals surface area contributed by atoms with Crippen LogP contribution < -0.4 is 11.1 Å². The molecule has 1 amide bonds. The van der Waals surface area contributed by atoms with Gasteiger partial charge in [0.15, 0.2) is 0 Å². The third-order valence-corrected chi connectivity index (χ3v) is 3.98. The van der Waals surface area contributed by atoms with Gasteiger partial charge in [0.05, 0.1) is 23.3 Å². The molecule has 1 heterocycles. The lowest BCUT2D eigenvalue weighted by molar-refractivity contribution is 0.0714. The molecular weight excluding hydrogens is 254 g/mol. The van der Waals surface area contributed by atoms with E-state index >= 15 is 0 Å². The van der Waals surface area contributed by atoms with E-state index in [0.29, 0.717) is 11.4 Å². The zero-order chi connectivity index (χ0) is 14.1. The number of para-hydroxylation sites is 1. The Balaban J connectivity index is 1.80. The normalized spacial score (nSPS) is 22.9. The van der Waals surface area contributed by atoms with Crippen molar-refractivity contribution in [2.75, 3.05) is 5.73 Å². The van der Waals surface area contributed by atoms with Gasteiger partial charge in [-0.3, -0.25) is 4.79 Å². The van der Waals surface area contributed by atoms with Crippen LogP contribution in [0.2, 0.25) is 0 Å². The SMILES string of the molecule is Nc1cccc2cc(C(=O)N[C@@H]3CCCC[C@H]3O)[nH]c12. The minimum absolute atomic E-state index is 0.153. The molecule has 5 heteroatoms. The number of nitrogens with one attached hydrogen (secondary N) is 2. The number of benzene rings is 1. The number of carbonyl (C=O) groups excluding carboxylic acids is 1. The monoisotopic (exact) mass is 273 g/mol. The molecule has 106 valence electrons. The van der Waals surface area contributed by atoms with E-state index in [2.05, 4.69) is 10.3 Å². The summed E-state index contributed by atoms with van der Waals surface area (Å²) in [5, 5.41) is 13.7. The molecule has 0 aliphatic heterocycles. The summed E-state index contributed by atoms with van der Waals surface area (Å²) in [4.78, 5) is 15.3. The van der Waals surface area contributed by atoms with Gasteiger partial charge in [0.1, 0.15) is 5.69 Å². The summed E-state index contributed by atoms with van der Waals surface area (Å²) in [6, 6.07) is 7.20. The minimum atomic E-state index is -0.442. The van der Waals surface area contributed by atoms with E-state index in [1.807, 2.05) is 12.1 Å². The first-order valence-electron chi connectivity index (χ1n) is 7.01. The van der Waals surface area contributed by atoms with E-state index in [9.17, 15) is 9.90 Å². The van der Waals surface area contributed by atoms with Crippen molar-refractivity contribution in [3.05, 3.63) is 30.0 Å². The molecule has 1 fully saturated rings. The predicted octanol–water partition coefficient (Wildman–Crippen LogP) is 1.78. The van der Waals surface area contributed by atoms with E-state index in [4.69, 9.17) is 5.73 Å². The summed E-state index contributed by atoms with van der Waals surface area (Å²) in [5.74, 6) is -0.188. The van der Waals surface area contributed by atoms with Crippen LogP contribution in [0, 0.1) is 0 Å². The van der Waals surface area contributed by atoms with Gasteiger partial charge in [-0.1, -0.05) is 25.0 Å². The number of carbonyl (C=O) groups is 1. The summed E-state index contributed by atoms with van der Waals surface area (Å²) in [6.45, 7) is 0. The maximum Gasteiger partial charge on any atom is 0.268 e. The number of rotatable bonds is 2. The number of aliphatic hydroxyl groups excluding tert-OH is 1. The molecule has 2 aromatic rings. The lowest BCUT2D eigenvalue weighted by atomic mass is 9.92. The molecule has 0 radical (unpaired) electrons. The van der Waals surface area contributed by atoms with Gasteiger partial charge in [-0.15, -0.1) is 0 Å². The Morgan fingerprint density at radius 2 is 2.15 bits per heavy atom. The summed E-state index contributed by atoms with van der Waals surface area (Å²) in [7, 11) is 0. The van der Waals surface area contributed by atoms with Crippen molar-refractivity contribution in [2.45, 2.75) is 37.8 Å². The second kappa shape index (κ2) is 5.17. The highest BCUT2D eigenvalue weighted by atomic mass is 16.3. The van der Waals surface area contributed by atoms with E-state index in [1.54, 1.807) is 12.1 Å². The third-order valence-electron chi connectivity index (χ3n) is 3.98. The fraction of sp³-hybridized carbons (Fsp3) is 0.400. The fourth-order valence-electron chi connectivity index (χ4n) is 2.83. The summed E-state index contributed by atoms with van der Waals surface area (Å²) < 4.78 is 0. The maximum atomic E-state index is 12.2. The molecule has 3 rings (SSSR count). The molecule has 20 heavy (non-hydrogen) atoms. The van der Waals surface area contributed by atoms with Crippen LogP contribution in [-0.2, 0) is 0 Å². The second-order valence-electron chi connectivity index (χ2n) is 5.43. The highest BCUT2D eigenvalue weighted by molar-refractivity contribution is 6.00. The molecule has 1 saturated carbocycles. The van der Waals surface area contributed by atoms with Crippen molar-refractivity contribution < 1.29 is 9.90 Å². The molecule has 0 unspecified atom stereocenters. The molecule has 5 N–H and O–H groups in total. The first-order valence-corrected chi connectivity index (χ1v) is 7.01. The van der Waals surface area contributed by atoms with Gasteiger partial charge in [-0.05, 0) is 25.0 Å². The average molecular weight is 273 g/mol. The Hall–Kier alpha value is -2.01. The van der Waals surface area contributed by atoms with Crippen LogP contribution in [0.25, 0.3) is 10.9 Å². The van der Waals surface area contributed by atoms with Crippen molar-refractivity contribution >= 4 is 22.5 Å². The Bertz CT molecular complexity index is 635. The number of H-pyrrole nitrogens is 1. The number of amides is 1. The topological polar surface area (TPSA) is 91.1 Å². The van der Waals surface area contributed by atoms with Gasteiger partial charge in [0.2, 0.25) is 0 Å². The van der Waals surface area contributed by atoms with Crippen LogP contribution in [-0.4, -0.2) is 28.1 Å². The Morgan fingerprint density at radius 3 is 2.90 bits per heavy atom. The van der Waals surface area contributed by atoms with Gasteiger partial charge < -0.3 is 21.1 Å². The number of hydrogen-bond donors (Lipinski definition) is 4. The quantitative estimate of drug-likeness (QED) is 0.629. The van der Waals surface area contributed by atoms with Crippen LogP contribution in [0.3, 0.4) is 0 Å². The van der Waals surface area contributed by atoms with Crippen LogP contribution in [0.15, 0.2) is 24.3 Å². The lowest BCUT2D eigenvalue weighted by Gasteiger charge is -2.28. The van der Waals surface area contributed by atoms with Gasteiger partial charge >= 0.3 is 0 Å². The van der Waals surface area contributed by atoms with Crippen molar-refractivity contribution in [1.29, 1.82) is 0 Å². The van der Waals surface area contributed by atoms with Crippen LogP contribution in [0.1, 0.15) is 36.2 Å². The maximum absolute atomic E-state index is 12.2. The number of hydrogen-bond acceptors (Lipinski definition) is 3. The van der Waals surface area contributed by atoms with Gasteiger partial charge in [0, 0.05) is 5.39 Å². The molecular formula is C15H19N3O2. The highest BCUT2D eigenvalue weighted by Crippen LogP contribution is 2.22. The van der Waals surface area contributed by atoms with Gasteiger partial charge in [0.25, 0.3) is 5.91 Å². The standard InChI is InChI=1S/C15H19N3O2/c16-10-5-3-4-9-8-12(17-14(9)10)15(20)18-11-6-1-2-7-13(11)19/h3-5,8,11,13,17,19H,1-2,6-7,16H2,(H,18,20)/t11-,13-/m1/s1. The Kier molecular flexibility index (Phi) is 3.36. The highest BCUT2D eigenvalue weighted by Gasteiger charge is 2.25. The van der Waals surface area contributed by atoms with Gasteiger partial charge in [-0.25, -0.2) is 0 Å². The average Bonchev–Trinajstić information content (AvgIpc) is 2.87. The Labute approximate surface area is 117 Å². The molecule has 5 nitrogen and oxygen atoms in total. The number of aromatic amines is 1. The van der Waals surface area contributed by atoms with Crippen LogP contribution >= 0.6 is 0 Å². The first-order chi connectivity index (χ1) is 9.65. The molecule has 0 spiro atoms. The summed E-state index contributed by atoms with van der Waals surface area (Å²) >= 11 is 0. The van der Waals surface area contributed by atoms with Crippen molar-refractivity contribution in [1.82, 2.24) is 10.3 Å². The number of nitrogens with two attached hydrogens (primary N) is 1. The third kappa shape index (κ3) is 2.36. The zero-order valence-electron chi connectivity index (χ0n) is 11.2. The van der Waals surface area contributed by atoms with E-state index < -0.39 is 6.10 Å². The largest absolute Gasteiger partial charge is 0.397 e. The number of aliphatic hydroxyl groups is 1. The minimum Gasteiger partial charge on any atom is -0.397 e. The Morgan fingerprint density at radius 1 is 1.35 bits per heavy atom.